The molecular formula is C15H21N3S. The van der Waals surface area contributed by atoms with Gasteiger partial charge in [-0.2, -0.15) is 11.8 Å². The van der Waals surface area contributed by atoms with Crippen molar-refractivity contribution in [2.45, 2.75) is 37.5 Å². The Bertz CT molecular complexity index is 566. The maximum atomic E-state index is 4.60. The molecule has 1 aliphatic rings. The molecule has 19 heavy (non-hydrogen) atoms. The van der Waals surface area contributed by atoms with Crippen LogP contribution in [0.1, 0.15) is 30.7 Å². The van der Waals surface area contributed by atoms with Gasteiger partial charge in [-0.3, -0.25) is 0 Å². The fourth-order valence-corrected chi connectivity index (χ4v) is 3.75. The molecule has 4 heteroatoms. The lowest BCUT2D eigenvalue weighted by Gasteiger charge is -2.40. The molecule has 0 bridgehead atoms. The third-order valence-electron chi connectivity index (χ3n) is 4.27. The number of imidazole rings is 1. The van der Waals surface area contributed by atoms with E-state index in [1.165, 1.54) is 25.0 Å². The molecule has 0 saturated heterocycles. The number of thioether (sulfide) groups is 1. The Morgan fingerprint density at radius 2 is 2.26 bits per heavy atom. The van der Waals surface area contributed by atoms with Crippen molar-refractivity contribution >= 4 is 17.4 Å². The van der Waals surface area contributed by atoms with Crippen LogP contribution in [0.25, 0.3) is 5.65 Å². The first-order valence-corrected chi connectivity index (χ1v) is 8.15. The molecule has 3 rings (SSSR count). The minimum absolute atomic E-state index is 0.494. The molecule has 0 atom stereocenters. The van der Waals surface area contributed by atoms with Gasteiger partial charge in [0.25, 0.3) is 0 Å². The number of pyridine rings is 1. The summed E-state index contributed by atoms with van der Waals surface area (Å²) in [7, 11) is 0. The summed E-state index contributed by atoms with van der Waals surface area (Å²) >= 11 is 2.02. The molecule has 2 aromatic rings. The van der Waals surface area contributed by atoms with E-state index < -0.39 is 0 Å². The van der Waals surface area contributed by atoms with Crippen molar-refractivity contribution < 1.29 is 0 Å². The number of aromatic nitrogens is 2. The van der Waals surface area contributed by atoms with E-state index in [1.54, 1.807) is 0 Å². The van der Waals surface area contributed by atoms with Gasteiger partial charge in [0.2, 0.25) is 0 Å². The Morgan fingerprint density at radius 1 is 1.42 bits per heavy atom. The number of nitrogens with one attached hydrogen (secondary N) is 1. The quantitative estimate of drug-likeness (QED) is 0.909. The minimum Gasteiger partial charge on any atom is -0.310 e. The monoisotopic (exact) mass is 275 g/mol. The van der Waals surface area contributed by atoms with Crippen molar-refractivity contribution in [2.24, 2.45) is 0 Å². The Kier molecular flexibility index (Phi) is 3.54. The van der Waals surface area contributed by atoms with Crippen LogP contribution in [0.15, 0.2) is 24.4 Å². The van der Waals surface area contributed by atoms with E-state index in [0.717, 1.165) is 24.4 Å². The molecule has 3 nitrogen and oxygen atoms in total. The Hall–Kier alpha value is -1.00. The Balaban J connectivity index is 1.70. The molecule has 2 aromatic heterocycles. The fourth-order valence-electron chi connectivity index (χ4n) is 2.81. The first kappa shape index (κ1) is 13.0. The number of fused-ring (bicyclic) bond motifs is 1. The highest BCUT2D eigenvalue weighted by atomic mass is 32.2. The molecule has 2 heterocycles. The van der Waals surface area contributed by atoms with E-state index in [9.17, 15) is 0 Å². The first-order chi connectivity index (χ1) is 9.24. The fraction of sp³-hybridized carbons (Fsp3) is 0.533. The lowest BCUT2D eigenvalue weighted by atomic mass is 9.84. The molecule has 0 amide bonds. The molecular weight excluding hydrogens is 254 g/mol. The molecule has 102 valence electrons. The molecule has 0 unspecified atom stereocenters. The molecule has 1 aliphatic carbocycles. The lowest BCUT2D eigenvalue weighted by molar-refractivity contribution is 0.345. The van der Waals surface area contributed by atoms with Gasteiger partial charge in [0.15, 0.2) is 0 Å². The normalized spacial score (nSPS) is 17.6. The average molecular weight is 275 g/mol. The number of rotatable bonds is 5. The summed E-state index contributed by atoms with van der Waals surface area (Å²) in [6.07, 6.45) is 8.43. The van der Waals surface area contributed by atoms with Crippen LogP contribution in [0, 0.1) is 6.92 Å². The summed E-state index contributed by atoms with van der Waals surface area (Å²) in [5, 5.41) is 3.63. The average Bonchev–Trinajstić information content (AvgIpc) is 2.69. The Morgan fingerprint density at radius 3 is 2.95 bits per heavy atom. The van der Waals surface area contributed by atoms with E-state index >= 15 is 0 Å². The van der Waals surface area contributed by atoms with Gasteiger partial charge < -0.3 is 9.72 Å². The van der Waals surface area contributed by atoms with Crippen LogP contribution in [-0.4, -0.2) is 26.9 Å². The maximum absolute atomic E-state index is 4.60. The predicted molar refractivity (Wildman–Crippen MR) is 81.7 cm³/mol. The third kappa shape index (κ3) is 2.39. The van der Waals surface area contributed by atoms with Crippen molar-refractivity contribution in [1.82, 2.24) is 14.7 Å². The third-order valence-corrected chi connectivity index (χ3v) is 5.69. The predicted octanol–water partition coefficient (Wildman–Crippen LogP) is 3.02. The zero-order valence-corrected chi connectivity index (χ0v) is 12.5. The second kappa shape index (κ2) is 5.17. The van der Waals surface area contributed by atoms with Gasteiger partial charge in [-0.25, -0.2) is 4.98 Å². The van der Waals surface area contributed by atoms with Crippen LogP contribution in [0.4, 0.5) is 0 Å². The minimum atomic E-state index is 0.494. The second-order valence-corrected chi connectivity index (χ2v) is 6.69. The number of hydrogen-bond acceptors (Lipinski definition) is 3. The summed E-state index contributed by atoms with van der Waals surface area (Å²) in [5.41, 5.74) is 3.46. The van der Waals surface area contributed by atoms with Crippen molar-refractivity contribution in [3.05, 3.63) is 35.8 Å². The number of hydrogen-bond donors (Lipinski definition) is 1. The van der Waals surface area contributed by atoms with Crippen molar-refractivity contribution in [1.29, 1.82) is 0 Å². The van der Waals surface area contributed by atoms with E-state index in [-0.39, 0.29) is 0 Å². The molecule has 0 spiro atoms. The Labute approximate surface area is 118 Å². The van der Waals surface area contributed by atoms with E-state index in [4.69, 9.17) is 0 Å². The highest BCUT2D eigenvalue weighted by Crippen LogP contribution is 2.42. The van der Waals surface area contributed by atoms with Crippen LogP contribution in [0.3, 0.4) is 0 Å². The molecule has 1 N–H and O–H groups in total. The van der Waals surface area contributed by atoms with Gasteiger partial charge in [0.1, 0.15) is 5.65 Å². The molecule has 1 fully saturated rings. The SMILES string of the molecule is CSC1(CNCc2c(C)nc3ccccn23)CCC1. The van der Waals surface area contributed by atoms with E-state index in [1.807, 2.05) is 17.8 Å². The topological polar surface area (TPSA) is 29.3 Å². The highest BCUT2D eigenvalue weighted by molar-refractivity contribution is 8.00. The highest BCUT2D eigenvalue weighted by Gasteiger charge is 2.35. The van der Waals surface area contributed by atoms with Crippen molar-refractivity contribution in [3.63, 3.8) is 0 Å². The van der Waals surface area contributed by atoms with Gasteiger partial charge in [-0.05, 0) is 38.2 Å². The van der Waals surface area contributed by atoms with Crippen LogP contribution in [-0.2, 0) is 6.54 Å². The van der Waals surface area contributed by atoms with Crippen molar-refractivity contribution in [2.75, 3.05) is 12.8 Å². The van der Waals surface area contributed by atoms with Gasteiger partial charge >= 0.3 is 0 Å². The molecule has 0 aromatic carbocycles. The van der Waals surface area contributed by atoms with Crippen LogP contribution in [0.5, 0.6) is 0 Å². The van der Waals surface area contributed by atoms with Gasteiger partial charge in [-0.1, -0.05) is 12.5 Å². The van der Waals surface area contributed by atoms with Crippen LogP contribution >= 0.6 is 11.8 Å². The summed E-state index contributed by atoms with van der Waals surface area (Å²) in [4.78, 5) is 4.60. The molecule has 1 saturated carbocycles. The zero-order chi connectivity index (χ0) is 13.3. The van der Waals surface area contributed by atoms with Gasteiger partial charge in [0, 0.05) is 24.0 Å². The van der Waals surface area contributed by atoms with Gasteiger partial charge in [-0.15, -0.1) is 0 Å². The lowest BCUT2D eigenvalue weighted by Crippen LogP contribution is -2.43. The van der Waals surface area contributed by atoms with Crippen LogP contribution in [0.2, 0.25) is 0 Å². The first-order valence-electron chi connectivity index (χ1n) is 6.92. The van der Waals surface area contributed by atoms with Crippen molar-refractivity contribution in [3.8, 4) is 0 Å². The standard InChI is InChI=1S/C15H21N3S/c1-12-13(18-9-4-3-6-14(18)17-12)10-16-11-15(19-2)7-5-8-15/h3-4,6,9,16H,5,7-8,10-11H2,1-2H3. The van der Waals surface area contributed by atoms with Gasteiger partial charge in [0.05, 0.1) is 11.4 Å². The van der Waals surface area contributed by atoms with Crippen LogP contribution < -0.4 is 5.32 Å². The van der Waals surface area contributed by atoms with E-state index in [0.29, 0.717) is 4.75 Å². The smallest absolute Gasteiger partial charge is 0.137 e. The molecule has 0 aliphatic heterocycles. The maximum Gasteiger partial charge on any atom is 0.137 e. The summed E-state index contributed by atoms with van der Waals surface area (Å²) in [5.74, 6) is 0. The largest absolute Gasteiger partial charge is 0.310 e. The summed E-state index contributed by atoms with van der Waals surface area (Å²) in [6.45, 7) is 4.10. The second-order valence-electron chi connectivity index (χ2n) is 5.42. The zero-order valence-electron chi connectivity index (χ0n) is 11.6. The molecule has 0 radical (unpaired) electrons. The summed E-state index contributed by atoms with van der Waals surface area (Å²) in [6, 6.07) is 6.16. The van der Waals surface area contributed by atoms with E-state index in [2.05, 4.69) is 46.2 Å². The number of aryl methyl sites for hydroxylation is 1. The number of nitrogens with zero attached hydrogens (tertiary/aromatic N) is 2. The summed E-state index contributed by atoms with van der Waals surface area (Å²) < 4.78 is 2.68.